The second kappa shape index (κ2) is 7.15. The first kappa shape index (κ1) is 16.1. The quantitative estimate of drug-likeness (QED) is 0.794. The molecule has 0 saturated heterocycles. The Morgan fingerprint density at radius 3 is 2.38 bits per heavy atom. The third kappa shape index (κ3) is 3.70. The Labute approximate surface area is 129 Å². The van der Waals surface area contributed by atoms with E-state index in [1.54, 1.807) is 11.3 Å². The second-order valence-corrected chi connectivity index (χ2v) is 6.01. The number of aromatic nitrogens is 2. The third-order valence-corrected chi connectivity index (χ3v) is 4.38. The maximum atomic E-state index is 5.56. The highest BCUT2D eigenvalue weighted by molar-refractivity contribution is 7.18. The van der Waals surface area contributed by atoms with Gasteiger partial charge in [0.05, 0.1) is 11.9 Å². The van der Waals surface area contributed by atoms with E-state index in [0.717, 1.165) is 21.9 Å². The fourth-order valence-corrected chi connectivity index (χ4v) is 3.28. The predicted octanol–water partition coefficient (Wildman–Crippen LogP) is 3.43. The van der Waals surface area contributed by atoms with Crippen molar-refractivity contribution < 1.29 is 9.47 Å². The minimum absolute atomic E-state index is 0.259. The molecule has 1 N–H and O–H groups in total. The summed E-state index contributed by atoms with van der Waals surface area (Å²) in [7, 11) is 0. The fourth-order valence-electron chi connectivity index (χ4n) is 2.20. The highest BCUT2D eigenvalue weighted by Gasteiger charge is 2.15. The lowest BCUT2D eigenvalue weighted by molar-refractivity contribution is -0.126. The van der Waals surface area contributed by atoms with Crippen LogP contribution >= 0.6 is 11.3 Å². The molecule has 2 heterocycles. The molecule has 2 aromatic heterocycles. The molecule has 116 valence electrons. The van der Waals surface area contributed by atoms with Crippen molar-refractivity contribution in [2.24, 2.45) is 0 Å². The standard InChI is InChI=1S/C15H23N3O2S/c1-6-19-12(20-7-2)8-16-14-13-9(3)10(4)21-15(13)18-11(5)17-14/h12H,6-8H2,1-5H3,(H,16,17,18). The van der Waals surface area contributed by atoms with Crippen molar-refractivity contribution in [2.75, 3.05) is 25.1 Å². The first-order chi connectivity index (χ1) is 10.1. The number of ether oxygens (including phenoxy) is 2. The van der Waals surface area contributed by atoms with Gasteiger partial charge in [-0.1, -0.05) is 0 Å². The van der Waals surface area contributed by atoms with E-state index in [4.69, 9.17) is 9.47 Å². The zero-order chi connectivity index (χ0) is 15.4. The zero-order valence-corrected chi connectivity index (χ0v) is 14.1. The summed E-state index contributed by atoms with van der Waals surface area (Å²) in [6, 6.07) is 0. The molecule has 0 aliphatic carbocycles. The molecule has 2 rings (SSSR count). The average molecular weight is 309 g/mol. The number of hydrogen-bond acceptors (Lipinski definition) is 6. The first-order valence-corrected chi connectivity index (χ1v) is 8.09. The lowest BCUT2D eigenvalue weighted by Crippen LogP contribution is -2.27. The van der Waals surface area contributed by atoms with Gasteiger partial charge in [0.25, 0.3) is 0 Å². The normalized spacial score (nSPS) is 11.5. The minimum Gasteiger partial charge on any atom is -0.364 e. The van der Waals surface area contributed by atoms with E-state index in [1.165, 1.54) is 10.4 Å². The molecule has 2 aromatic rings. The van der Waals surface area contributed by atoms with Crippen molar-refractivity contribution >= 4 is 27.4 Å². The van der Waals surface area contributed by atoms with E-state index in [-0.39, 0.29) is 6.29 Å². The van der Waals surface area contributed by atoms with Gasteiger partial charge in [-0.25, -0.2) is 9.97 Å². The number of nitrogens with one attached hydrogen (secondary N) is 1. The topological polar surface area (TPSA) is 56.3 Å². The van der Waals surface area contributed by atoms with Crippen molar-refractivity contribution in [3.8, 4) is 0 Å². The number of aryl methyl sites for hydroxylation is 3. The number of anilines is 1. The van der Waals surface area contributed by atoms with Crippen LogP contribution < -0.4 is 5.32 Å². The molecule has 0 atom stereocenters. The Morgan fingerprint density at radius 2 is 1.76 bits per heavy atom. The van der Waals surface area contributed by atoms with Crippen LogP contribution in [0.15, 0.2) is 0 Å². The second-order valence-electron chi connectivity index (χ2n) is 4.80. The summed E-state index contributed by atoms with van der Waals surface area (Å²) < 4.78 is 11.1. The van der Waals surface area contributed by atoms with Crippen LogP contribution in [-0.2, 0) is 9.47 Å². The molecular formula is C15H23N3O2S. The number of thiophene rings is 1. The highest BCUT2D eigenvalue weighted by atomic mass is 32.1. The molecule has 0 fully saturated rings. The van der Waals surface area contributed by atoms with Gasteiger partial charge in [0.2, 0.25) is 0 Å². The summed E-state index contributed by atoms with van der Waals surface area (Å²) in [6.45, 7) is 11.9. The molecule has 0 aliphatic heterocycles. The van der Waals surface area contributed by atoms with Crippen LogP contribution in [0.2, 0.25) is 0 Å². The number of fused-ring (bicyclic) bond motifs is 1. The van der Waals surface area contributed by atoms with Crippen LogP contribution in [-0.4, -0.2) is 36.0 Å². The van der Waals surface area contributed by atoms with Gasteiger partial charge in [-0.3, -0.25) is 0 Å². The molecule has 0 spiro atoms. The molecule has 0 unspecified atom stereocenters. The molecule has 6 heteroatoms. The van der Waals surface area contributed by atoms with Crippen LogP contribution in [0.5, 0.6) is 0 Å². The lowest BCUT2D eigenvalue weighted by Gasteiger charge is -2.18. The molecule has 5 nitrogen and oxygen atoms in total. The molecule has 0 radical (unpaired) electrons. The molecular weight excluding hydrogens is 286 g/mol. The van der Waals surface area contributed by atoms with Crippen molar-refractivity contribution in [3.05, 3.63) is 16.3 Å². The van der Waals surface area contributed by atoms with Gasteiger partial charge in [-0.2, -0.15) is 0 Å². The Bertz CT molecular complexity index is 606. The maximum Gasteiger partial charge on any atom is 0.174 e. The molecule has 0 bridgehead atoms. The van der Waals surface area contributed by atoms with Crippen LogP contribution in [0.25, 0.3) is 10.2 Å². The first-order valence-electron chi connectivity index (χ1n) is 7.28. The average Bonchev–Trinajstić information content (AvgIpc) is 2.71. The summed E-state index contributed by atoms with van der Waals surface area (Å²) >= 11 is 1.71. The summed E-state index contributed by atoms with van der Waals surface area (Å²) in [5.74, 6) is 1.64. The van der Waals surface area contributed by atoms with Crippen LogP contribution in [0.1, 0.15) is 30.1 Å². The van der Waals surface area contributed by atoms with Gasteiger partial charge in [-0.15, -0.1) is 11.3 Å². The number of rotatable bonds is 7. The third-order valence-electron chi connectivity index (χ3n) is 3.28. The van der Waals surface area contributed by atoms with Gasteiger partial charge in [0, 0.05) is 18.1 Å². The van der Waals surface area contributed by atoms with E-state index < -0.39 is 0 Å². The summed E-state index contributed by atoms with van der Waals surface area (Å²) in [6.07, 6.45) is -0.259. The Balaban J connectivity index is 2.24. The van der Waals surface area contributed by atoms with Crippen LogP contribution in [0.4, 0.5) is 5.82 Å². The van der Waals surface area contributed by atoms with Gasteiger partial charge >= 0.3 is 0 Å². The van der Waals surface area contributed by atoms with E-state index in [0.29, 0.717) is 19.8 Å². The monoisotopic (exact) mass is 309 g/mol. The largest absolute Gasteiger partial charge is 0.364 e. The van der Waals surface area contributed by atoms with Gasteiger partial charge in [-0.05, 0) is 40.2 Å². The number of hydrogen-bond donors (Lipinski definition) is 1. The van der Waals surface area contributed by atoms with E-state index in [1.807, 2.05) is 20.8 Å². The highest BCUT2D eigenvalue weighted by Crippen LogP contribution is 2.33. The number of nitrogens with zero attached hydrogens (tertiary/aromatic N) is 2. The Morgan fingerprint density at radius 1 is 1.10 bits per heavy atom. The Hall–Kier alpha value is -1.24. The van der Waals surface area contributed by atoms with E-state index in [2.05, 4.69) is 29.1 Å². The van der Waals surface area contributed by atoms with Crippen LogP contribution in [0, 0.1) is 20.8 Å². The molecule has 21 heavy (non-hydrogen) atoms. The van der Waals surface area contributed by atoms with Crippen molar-refractivity contribution in [1.82, 2.24) is 9.97 Å². The molecule has 0 amide bonds. The summed E-state index contributed by atoms with van der Waals surface area (Å²) in [5, 5.41) is 4.46. The van der Waals surface area contributed by atoms with Crippen LogP contribution in [0.3, 0.4) is 0 Å². The van der Waals surface area contributed by atoms with Crippen molar-refractivity contribution in [1.29, 1.82) is 0 Å². The smallest absolute Gasteiger partial charge is 0.174 e. The van der Waals surface area contributed by atoms with Gasteiger partial charge in [0.1, 0.15) is 16.5 Å². The molecule has 0 saturated carbocycles. The lowest BCUT2D eigenvalue weighted by atomic mass is 10.2. The van der Waals surface area contributed by atoms with E-state index in [9.17, 15) is 0 Å². The van der Waals surface area contributed by atoms with Gasteiger partial charge in [0.15, 0.2) is 6.29 Å². The summed E-state index contributed by atoms with van der Waals surface area (Å²) in [4.78, 5) is 11.4. The zero-order valence-electron chi connectivity index (χ0n) is 13.3. The minimum atomic E-state index is -0.259. The van der Waals surface area contributed by atoms with Crippen molar-refractivity contribution in [2.45, 2.75) is 40.9 Å². The fraction of sp³-hybridized carbons (Fsp3) is 0.600. The van der Waals surface area contributed by atoms with E-state index >= 15 is 0 Å². The Kier molecular flexibility index (Phi) is 5.50. The summed E-state index contributed by atoms with van der Waals surface area (Å²) in [5.41, 5.74) is 1.24. The molecule has 0 aromatic carbocycles. The SMILES string of the molecule is CCOC(CNc1nc(C)nc2sc(C)c(C)c12)OCC. The molecule has 0 aliphatic rings. The van der Waals surface area contributed by atoms with Gasteiger partial charge < -0.3 is 14.8 Å². The predicted molar refractivity (Wildman–Crippen MR) is 87.2 cm³/mol. The maximum absolute atomic E-state index is 5.56. The van der Waals surface area contributed by atoms with Crippen molar-refractivity contribution in [3.63, 3.8) is 0 Å².